The number of phosphoric acid groups is 1. The highest BCUT2D eigenvalue weighted by Gasteiger charge is 2.45. The number of carbonyl (C=O) groups is 2. The summed E-state index contributed by atoms with van der Waals surface area (Å²) in [5, 5.41) is 0. The molecule has 3 aromatic heterocycles. The molecule has 0 saturated carbocycles. The molecule has 5 heterocycles. The number of rotatable bonds is 12. The molecular weight excluding hydrogens is 669 g/mol. The van der Waals surface area contributed by atoms with Crippen LogP contribution in [0.3, 0.4) is 0 Å². The van der Waals surface area contributed by atoms with Crippen molar-refractivity contribution in [3.05, 3.63) is 33.5 Å². The number of nitrogens with zero attached hydrogens (tertiary/aromatic N) is 6. The second kappa shape index (κ2) is 14.6. The first-order valence-electron chi connectivity index (χ1n) is 14.4. The molecule has 0 amide bonds. The zero-order chi connectivity index (χ0) is 34.6. The molecule has 0 spiro atoms. The fourth-order valence-corrected chi connectivity index (χ4v) is 5.90. The molecule has 48 heavy (non-hydrogen) atoms. The van der Waals surface area contributed by atoms with Crippen molar-refractivity contribution in [2.45, 2.75) is 63.6 Å². The van der Waals surface area contributed by atoms with E-state index in [-0.39, 0.29) is 49.1 Å². The number of aromatic nitrogens is 7. The summed E-state index contributed by atoms with van der Waals surface area (Å²) in [6, 6.07) is 0. The third-order valence-corrected chi connectivity index (χ3v) is 8.00. The monoisotopic (exact) mass is 701 g/mol. The maximum Gasteiger partial charge on any atom is 0.508 e. The smallest absolute Gasteiger partial charge is 0.435 e. The van der Waals surface area contributed by atoms with Crippen molar-refractivity contribution >= 4 is 43.2 Å². The van der Waals surface area contributed by atoms with Crippen LogP contribution in [0.1, 0.15) is 39.1 Å². The van der Waals surface area contributed by atoms with Gasteiger partial charge in [0.2, 0.25) is 11.9 Å². The highest BCUT2D eigenvalue weighted by atomic mass is 31.2. The van der Waals surface area contributed by atoms with E-state index in [4.69, 9.17) is 48.9 Å². The van der Waals surface area contributed by atoms with Gasteiger partial charge < -0.3 is 44.8 Å². The van der Waals surface area contributed by atoms with Gasteiger partial charge in [0.1, 0.15) is 49.8 Å². The summed E-state index contributed by atoms with van der Waals surface area (Å²) in [6.07, 6.45) is -6.73. The number of nitrogen functional groups attached to an aromatic ring is 2. The molecule has 24 heteroatoms. The number of nitrogens with two attached hydrogens (primary N) is 2. The van der Waals surface area contributed by atoms with Gasteiger partial charge >= 0.3 is 25.8 Å². The van der Waals surface area contributed by atoms with E-state index in [2.05, 4.69) is 24.9 Å². The second-order valence-corrected chi connectivity index (χ2v) is 11.6. The Hall–Kier alpha value is -4.67. The molecular formula is C24H32N9O14P. The fraction of sp³-hybridized carbons (Fsp3) is 0.583. The lowest BCUT2D eigenvalue weighted by Gasteiger charge is -2.23. The topological polar surface area (TPSA) is 309 Å². The molecule has 6 N–H and O–H groups in total. The van der Waals surface area contributed by atoms with Crippen LogP contribution < -0.4 is 22.7 Å². The Labute approximate surface area is 269 Å². The van der Waals surface area contributed by atoms with E-state index < -0.39 is 81.5 Å². The molecule has 3 aromatic rings. The van der Waals surface area contributed by atoms with Gasteiger partial charge in [-0.3, -0.25) is 28.0 Å². The molecule has 0 aliphatic carbocycles. The second-order valence-electron chi connectivity index (χ2n) is 10.2. The van der Waals surface area contributed by atoms with E-state index in [1.165, 1.54) is 10.9 Å². The third-order valence-electron chi connectivity index (χ3n) is 6.99. The predicted octanol–water partition coefficient (Wildman–Crippen LogP) is -0.272. The van der Waals surface area contributed by atoms with Crippen LogP contribution >= 0.6 is 7.82 Å². The molecule has 5 rings (SSSR count). The van der Waals surface area contributed by atoms with E-state index >= 15 is 0 Å². The van der Waals surface area contributed by atoms with Gasteiger partial charge in [0, 0.05) is 12.8 Å². The molecule has 23 nitrogen and oxygen atoms in total. The Kier molecular flexibility index (Phi) is 10.6. The number of fused-ring (bicyclic) bond motifs is 1. The minimum Gasteiger partial charge on any atom is -0.435 e. The minimum absolute atomic E-state index is 0.00886. The Balaban J connectivity index is 1.30. The Morgan fingerprint density at radius 3 is 2.31 bits per heavy atom. The van der Waals surface area contributed by atoms with Crippen LogP contribution in [0.2, 0.25) is 0 Å². The number of H-pyrrole nitrogens is 1. The maximum absolute atomic E-state index is 13.2. The molecule has 2 aliphatic heterocycles. The third kappa shape index (κ3) is 8.06. The first-order chi connectivity index (χ1) is 22.9. The van der Waals surface area contributed by atoms with Crippen LogP contribution in [0.25, 0.3) is 11.2 Å². The average Bonchev–Trinajstić information content (AvgIpc) is 3.72. The van der Waals surface area contributed by atoms with Crippen LogP contribution in [0.15, 0.2) is 22.2 Å². The minimum atomic E-state index is -4.97. The number of aromatic amines is 1. The normalized spacial score (nSPS) is 25.1. The number of imidazole rings is 1. The molecule has 2 saturated heterocycles. The van der Waals surface area contributed by atoms with E-state index in [1.54, 1.807) is 13.8 Å². The highest BCUT2D eigenvalue weighted by molar-refractivity contribution is 7.47. The van der Waals surface area contributed by atoms with E-state index in [0.29, 0.717) is 0 Å². The average molecular weight is 702 g/mol. The molecule has 1 unspecified atom stereocenters. The number of anilines is 2. The first kappa shape index (κ1) is 34.7. The van der Waals surface area contributed by atoms with Gasteiger partial charge in [-0.25, -0.2) is 28.9 Å². The molecule has 7 atom stereocenters. The largest absolute Gasteiger partial charge is 0.508 e. The quantitative estimate of drug-likeness (QED) is 0.139. The van der Waals surface area contributed by atoms with Crippen molar-refractivity contribution in [3.8, 4) is 0 Å². The van der Waals surface area contributed by atoms with Crippen LogP contribution in [0.5, 0.6) is 0 Å². The molecule has 0 radical (unpaired) electrons. The van der Waals surface area contributed by atoms with Crippen molar-refractivity contribution in [1.29, 1.82) is 0 Å². The lowest BCUT2D eigenvalue weighted by atomic mass is 10.2. The molecule has 0 aromatic carbocycles. The Morgan fingerprint density at radius 1 is 0.958 bits per heavy atom. The summed E-state index contributed by atoms with van der Waals surface area (Å²) in [6.45, 7) is 2.02. The van der Waals surface area contributed by atoms with Gasteiger partial charge in [0.05, 0.1) is 26.1 Å². The van der Waals surface area contributed by atoms with Crippen LogP contribution in [0.4, 0.5) is 21.5 Å². The van der Waals surface area contributed by atoms with Gasteiger partial charge in [0.25, 0.3) is 5.56 Å². The van der Waals surface area contributed by atoms with Gasteiger partial charge in [-0.2, -0.15) is 9.97 Å². The number of hydrogen-bond donors (Lipinski definition) is 4. The van der Waals surface area contributed by atoms with E-state index in [9.17, 15) is 28.6 Å². The number of ether oxygens (including phenoxy) is 6. The molecule has 2 aliphatic rings. The van der Waals surface area contributed by atoms with Crippen molar-refractivity contribution in [1.82, 2.24) is 34.1 Å². The standard InChI is InChI=1S/C24H32N9O14P/c1-3-40-23(36)42-7-13-12(6-16(44-13)33-10-28-20(25)31-22(33)35)47-48(38,39)43-8-14-11(46-24(37)41-4-2)5-15(45-14)32-9-27-17-18(32)29-21(26)30-19(17)34/h9-16H,3-8H2,1-2H3,(H,38,39)(H2,25,31,35)(H3,26,29,30,34)/t11-,12-,13-,14-,15-,16-/m1/s1. The number of hydrogen-bond acceptors (Lipinski definition) is 19. The lowest BCUT2D eigenvalue weighted by molar-refractivity contribution is -0.0666. The summed E-state index contributed by atoms with van der Waals surface area (Å²) < 4.78 is 57.9. The first-order valence-corrected chi connectivity index (χ1v) is 15.9. The zero-order valence-electron chi connectivity index (χ0n) is 25.4. The number of nitrogens with one attached hydrogen (secondary N) is 1. The molecule has 262 valence electrons. The van der Waals surface area contributed by atoms with E-state index in [1.807, 2.05) is 0 Å². The predicted molar refractivity (Wildman–Crippen MR) is 156 cm³/mol. The summed E-state index contributed by atoms with van der Waals surface area (Å²) in [5.74, 6) is -0.461. The zero-order valence-corrected chi connectivity index (χ0v) is 26.3. The van der Waals surface area contributed by atoms with Gasteiger partial charge in [0.15, 0.2) is 11.2 Å². The Bertz CT molecular complexity index is 1800. The van der Waals surface area contributed by atoms with Gasteiger partial charge in [-0.15, -0.1) is 0 Å². The van der Waals surface area contributed by atoms with Crippen molar-refractivity contribution in [3.63, 3.8) is 0 Å². The number of phosphoric ester groups is 1. The summed E-state index contributed by atoms with van der Waals surface area (Å²) in [7, 11) is -4.97. The van der Waals surface area contributed by atoms with Gasteiger partial charge in [-0.05, 0) is 13.8 Å². The van der Waals surface area contributed by atoms with Crippen LogP contribution in [-0.2, 0) is 42.0 Å². The SMILES string of the molecule is CCOC(=O)OC[C@H]1O[C@@H](n2cnc(N)nc2=O)C[C@H]1OP(=O)(O)OC[C@H]1O[C@@H](n2cnc3c(=O)[nH]c(N)nc32)C[C@H]1OC(=O)OCC. The van der Waals surface area contributed by atoms with Crippen molar-refractivity contribution in [2.75, 3.05) is 37.9 Å². The lowest BCUT2D eigenvalue weighted by Crippen LogP contribution is -2.32. The maximum atomic E-state index is 13.2. The van der Waals surface area contributed by atoms with Crippen molar-refractivity contribution < 1.29 is 56.5 Å². The van der Waals surface area contributed by atoms with Crippen LogP contribution in [-0.4, -0.2) is 102 Å². The fourth-order valence-electron chi connectivity index (χ4n) is 4.94. The van der Waals surface area contributed by atoms with Crippen molar-refractivity contribution in [2.24, 2.45) is 0 Å². The summed E-state index contributed by atoms with van der Waals surface area (Å²) >= 11 is 0. The van der Waals surface area contributed by atoms with E-state index in [0.717, 1.165) is 10.9 Å². The van der Waals surface area contributed by atoms with Gasteiger partial charge in [-0.1, -0.05) is 0 Å². The highest BCUT2D eigenvalue weighted by Crippen LogP contribution is 2.49. The molecule has 0 bridgehead atoms. The number of carbonyl (C=O) groups excluding carboxylic acids is 2. The summed E-state index contributed by atoms with van der Waals surface area (Å²) in [5.41, 5.74) is 9.76. The molecule has 2 fully saturated rings. The van der Waals surface area contributed by atoms with Crippen LogP contribution in [0, 0.1) is 0 Å². The summed E-state index contributed by atoms with van der Waals surface area (Å²) in [4.78, 5) is 77.1. The Morgan fingerprint density at radius 2 is 1.60 bits per heavy atom.